The highest BCUT2D eigenvalue weighted by Gasteiger charge is 2.59. The second-order valence-electron chi connectivity index (χ2n) is 12.6. The van der Waals surface area contributed by atoms with Crippen molar-refractivity contribution in [1.29, 1.82) is 0 Å². The topological polar surface area (TPSA) is 52.6 Å². The van der Waals surface area contributed by atoms with Crippen molar-refractivity contribution in [3.63, 3.8) is 0 Å². The molecule has 0 bridgehead atoms. The van der Waals surface area contributed by atoms with E-state index < -0.39 is 44.3 Å². The summed E-state index contributed by atoms with van der Waals surface area (Å²) in [5.41, 5.74) is 3.10. The van der Waals surface area contributed by atoms with Crippen LogP contribution in [0.3, 0.4) is 0 Å². The molecule has 4 aliphatic rings. The number of alkyl halides is 1. The van der Waals surface area contributed by atoms with E-state index in [0.29, 0.717) is 25.9 Å². The van der Waals surface area contributed by atoms with E-state index in [4.69, 9.17) is 4.74 Å². The minimum atomic E-state index is -5.01. The van der Waals surface area contributed by atoms with Gasteiger partial charge in [-0.05, 0) is 74.3 Å². The predicted octanol–water partition coefficient (Wildman–Crippen LogP) is 9.57. The minimum absolute atomic E-state index is 0.109. The molecular formula is C33H46F4O4S. The molecule has 9 heteroatoms. The van der Waals surface area contributed by atoms with Gasteiger partial charge in [0.25, 0.3) is 10.1 Å². The van der Waals surface area contributed by atoms with Gasteiger partial charge in [-0.3, -0.25) is 4.18 Å². The number of hydrogen-bond donors (Lipinski definition) is 0. The van der Waals surface area contributed by atoms with Crippen LogP contribution in [0.2, 0.25) is 0 Å². The average Bonchev–Trinajstić information content (AvgIpc) is 3.02. The smallest absolute Gasteiger partial charge is 0.282 e. The van der Waals surface area contributed by atoms with Crippen molar-refractivity contribution >= 4 is 10.1 Å². The van der Waals surface area contributed by atoms with Crippen LogP contribution in [0.1, 0.15) is 103 Å². The first-order valence-corrected chi connectivity index (χ1v) is 17.1. The summed E-state index contributed by atoms with van der Waals surface area (Å²) in [5, 5.41) is 0. The molecule has 0 saturated heterocycles. The van der Waals surface area contributed by atoms with Crippen molar-refractivity contribution in [3.05, 3.63) is 58.7 Å². The van der Waals surface area contributed by atoms with Crippen molar-refractivity contribution < 1.29 is 34.9 Å². The van der Waals surface area contributed by atoms with Gasteiger partial charge in [-0.25, -0.2) is 13.2 Å². The third-order valence-corrected chi connectivity index (χ3v) is 11.8. The van der Waals surface area contributed by atoms with Crippen LogP contribution in [0, 0.1) is 17.8 Å². The van der Waals surface area contributed by atoms with Crippen LogP contribution >= 0.6 is 0 Å². The van der Waals surface area contributed by atoms with E-state index in [1.165, 1.54) is 25.7 Å². The fraction of sp³-hybridized carbons (Fsp3) is 0.697. The Balaban J connectivity index is 1.67. The van der Waals surface area contributed by atoms with E-state index in [1.807, 2.05) is 0 Å². The Morgan fingerprint density at radius 1 is 0.857 bits per heavy atom. The molecule has 0 aromatic carbocycles. The Bertz CT molecular complexity index is 1220. The van der Waals surface area contributed by atoms with Gasteiger partial charge in [0.05, 0.1) is 7.11 Å². The number of hydrogen-bond acceptors (Lipinski definition) is 4. The van der Waals surface area contributed by atoms with Gasteiger partial charge in [-0.15, -0.1) is 0 Å². The molecule has 0 aromatic rings. The zero-order chi connectivity index (χ0) is 30.5. The Labute approximate surface area is 249 Å². The largest absolute Gasteiger partial charge is 0.483 e. The third-order valence-electron chi connectivity index (χ3n) is 9.91. The molecule has 0 radical (unpaired) electrons. The molecule has 0 spiro atoms. The van der Waals surface area contributed by atoms with Crippen LogP contribution in [0.15, 0.2) is 58.7 Å². The van der Waals surface area contributed by atoms with Crippen molar-refractivity contribution in [3.8, 4) is 0 Å². The maximum Gasteiger partial charge on any atom is 0.282 e. The summed E-state index contributed by atoms with van der Waals surface area (Å²) < 4.78 is 91.9. The number of allylic oxidation sites excluding steroid dienone is 6. The van der Waals surface area contributed by atoms with Gasteiger partial charge < -0.3 is 4.74 Å². The molecule has 0 N–H and O–H groups in total. The van der Waals surface area contributed by atoms with Gasteiger partial charge in [-0.2, -0.15) is 12.8 Å². The molecule has 42 heavy (non-hydrogen) atoms. The second-order valence-corrected chi connectivity index (χ2v) is 14.7. The van der Waals surface area contributed by atoms with Crippen LogP contribution in [0.5, 0.6) is 0 Å². The number of halogens is 4. The van der Waals surface area contributed by atoms with Gasteiger partial charge in [0.1, 0.15) is 6.61 Å². The fourth-order valence-corrected chi connectivity index (χ4v) is 8.08. The van der Waals surface area contributed by atoms with E-state index in [2.05, 4.69) is 22.9 Å². The lowest BCUT2D eigenvalue weighted by Crippen LogP contribution is -2.48. The predicted molar refractivity (Wildman–Crippen MR) is 158 cm³/mol. The summed E-state index contributed by atoms with van der Waals surface area (Å²) in [4.78, 5) is 0. The molecule has 0 aliphatic heterocycles. The van der Waals surface area contributed by atoms with Gasteiger partial charge >= 0.3 is 0 Å². The molecule has 0 aromatic heterocycles. The second kappa shape index (κ2) is 14.3. The maximum atomic E-state index is 15.2. The van der Waals surface area contributed by atoms with E-state index in [0.717, 1.165) is 87.3 Å². The van der Waals surface area contributed by atoms with Crippen LogP contribution in [-0.2, 0) is 19.0 Å². The lowest BCUT2D eigenvalue weighted by Gasteiger charge is -2.33. The summed E-state index contributed by atoms with van der Waals surface area (Å²) >= 11 is 0. The monoisotopic (exact) mass is 614 g/mol. The van der Waals surface area contributed by atoms with Crippen molar-refractivity contribution in [2.24, 2.45) is 17.8 Å². The summed E-state index contributed by atoms with van der Waals surface area (Å²) in [6, 6.07) is 0. The highest BCUT2D eigenvalue weighted by molar-refractivity contribution is 7.88. The van der Waals surface area contributed by atoms with Crippen molar-refractivity contribution in [1.82, 2.24) is 0 Å². The Kier molecular flexibility index (Phi) is 11.2. The van der Waals surface area contributed by atoms with E-state index in [9.17, 15) is 8.42 Å². The molecule has 4 rings (SSSR count). The fourth-order valence-electron chi connectivity index (χ4n) is 7.07. The molecular weight excluding hydrogens is 568 g/mol. The maximum absolute atomic E-state index is 15.2. The Morgan fingerprint density at radius 3 is 1.88 bits per heavy atom. The lowest BCUT2D eigenvalue weighted by atomic mass is 9.77. The Hall–Kier alpha value is -1.87. The van der Waals surface area contributed by atoms with Gasteiger partial charge in [0.2, 0.25) is 5.83 Å². The van der Waals surface area contributed by atoms with E-state index in [-0.39, 0.29) is 12.5 Å². The molecule has 3 fully saturated rings. The van der Waals surface area contributed by atoms with Crippen LogP contribution in [-0.4, -0.2) is 33.1 Å². The van der Waals surface area contributed by atoms with Crippen molar-refractivity contribution in [2.75, 3.05) is 13.7 Å². The van der Waals surface area contributed by atoms with E-state index >= 15 is 17.6 Å². The SMILES string of the molecule is C=C(C=C(C=C(COC1=C(F)C(F)C(C)(S(=O)(=O)OC)C(F)=C1F)C1CCCCC1)C1CCCCC1)C1CCCCC1. The normalized spacial score (nSPS) is 28.4. The lowest BCUT2D eigenvalue weighted by molar-refractivity contribution is 0.161. The van der Waals surface area contributed by atoms with E-state index in [1.54, 1.807) is 0 Å². The highest BCUT2D eigenvalue weighted by Crippen LogP contribution is 2.47. The summed E-state index contributed by atoms with van der Waals surface area (Å²) in [6.45, 7) is 4.75. The quantitative estimate of drug-likeness (QED) is 0.140. The Morgan fingerprint density at radius 2 is 1.36 bits per heavy atom. The first-order chi connectivity index (χ1) is 20.0. The first kappa shape index (κ1) is 33.0. The third kappa shape index (κ3) is 6.92. The molecule has 4 aliphatic carbocycles. The minimum Gasteiger partial charge on any atom is -0.483 e. The molecule has 0 heterocycles. The van der Waals surface area contributed by atoms with Crippen LogP contribution in [0.4, 0.5) is 17.6 Å². The average molecular weight is 615 g/mol. The molecule has 3 saturated carbocycles. The van der Waals surface area contributed by atoms with Crippen molar-refractivity contribution in [2.45, 2.75) is 114 Å². The first-order valence-electron chi connectivity index (χ1n) is 15.6. The molecule has 4 nitrogen and oxygen atoms in total. The molecule has 236 valence electrons. The zero-order valence-corrected chi connectivity index (χ0v) is 25.9. The summed E-state index contributed by atoms with van der Waals surface area (Å²) in [6.07, 6.45) is 17.7. The standard InChI is InChI=1S/C33H46F4O4S/c1-22(23-13-7-4-8-14-23)19-26(24-15-9-5-10-16-24)20-27(25-17-11-6-12-18-25)21-41-30-28(34)31(36)33(2,32(37)29(30)35)42(38,39)40-3/h19-20,23-25,31H,1,4-18,21H2,2-3H3. The van der Waals surface area contributed by atoms with Gasteiger partial charge in [-0.1, -0.05) is 82.1 Å². The van der Waals surface area contributed by atoms with Gasteiger partial charge in [0.15, 0.2) is 28.3 Å². The zero-order valence-electron chi connectivity index (χ0n) is 25.0. The molecule has 2 unspecified atom stereocenters. The summed E-state index contributed by atoms with van der Waals surface area (Å²) in [7, 11) is -4.32. The molecule has 2 atom stereocenters. The number of rotatable bonds is 10. The van der Waals surface area contributed by atoms with Crippen LogP contribution < -0.4 is 0 Å². The van der Waals surface area contributed by atoms with Crippen LogP contribution in [0.25, 0.3) is 0 Å². The highest BCUT2D eigenvalue weighted by atomic mass is 32.2. The summed E-state index contributed by atoms with van der Waals surface area (Å²) in [5.74, 6) is -5.95. The van der Waals surface area contributed by atoms with Gasteiger partial charge in [0, 0.05) is 0 Å². The number of ether oxygens (including phenoxy) is 1. The molecule has 0 amide bonds.